The van der Waals surface area contributed by atoms with Gasteiger partial charge in [0.05, 0.1) is 22.3 Å². The van der Waals surface area contributed by atoms with Crippen LogP contribution in [0.15, 0.2) is 88.8 Å². The average molecular weight is 510 g/mol. The van der Waals surface area contributed by atoms with Crippen LogP contribution >= 0.6 is 35.6 Å². The highest BCUT2D eigenvalue weighted by molar-refractivity contribution is 7.99. The van der Waals surface area contributed by atoms with E-state index in [1.165, 1.54) is 4.57 Å². The zero-order chi connectivity index (χ0) is 23.9. The van der Waals surface area contributed by atoms with Crippen LogP contribution in [0.3, 0.4) is 0 Å². The van der Waals surface area contributed by atoms with Gasteiger partial charge in [0.2, 0.25) is 5.91 Å². The molecule has 0 atom stereocenters. The van der Waals surface area contributed by atoms with Crippen molar-refractivity contribution in [3.63, 3.8) is 0 Å². The molecule has 0 aliphatic heterocycles. The second-order valence-electron chi connectivity index (χ2n) is 7.16. The number of hydrazine groups is 1. The van der Waals surface area contributed by atoms with Gasteiger partial charge in [-0.05, 0) is 48.1 Å². The molecule has 0 unspecified atom stereocenters. The van der Waals surface area contributed by atoms with Crippen LogP contribution in [-0.4, -0.2) is 26.3 Å². The predicted molar refractivity (Wildman–Crippen MR) is 140 cm³/mol. The second kappa shape index (κ2) is 11.1. The van der Waals surface area contributed by atoms with E-state index in [2.05, 4.69) is 21.2 Å². The number of thioether (sulfide) groups is 1. The lowest BCUT2D eigenvalue weighted by Crippen LogP contribution is -2.47. The van der Waals surface area contributed by atoms with Gasteiger partial charge in [-0.2, -0.15) is 0 Å². The SMILES string of the molecule is O=C(CSc1nc2ccc(Cl)cc2c(=O)n1-c1ccccc1)NNC(=S)NCc1ccccc1. The van der Waals surface area contributed by atoms with Crippen molar-refractivity contribution in [3.8, 4) is 5.69 Å². The molecule has 0 saturated carbocycles. The predicted octanol–water partition coefficient (Wildman–Crippen LogP) is 3.83. The number of para-hydroxylation sites is 1. The molecule has 0 aliphatic carbocycles. The van der Waals surface area contributed by atoms with Crippen molar-refractivity contribution in [2.24, 2.45) is 0 Å². The number of hydrogen-bond acceptors (Lipinski definition) is 5. The molecule has 1 heterocycles. The summed E-state index contributed by atoms with van der Waals surface area (Å²) in [5, 5.41) is 4.57. The third-order valence-electron chi connectivity index (χ3n) is 4.76. The standard InChI is InChI=1S/C24H20ClN5O2S2/c25-17-11-12-20-19(13-17)22(32)30(18-9-5-2-6-10-18)24(27-20)34-15-21(31)28-29-23(33)26-14-16-7-3-1-4-8-16/h1-13H,14-15H2,(H,28,31)(H2,26,29,33). The quantitative estimate of drug-likeness (QED) is 0.157. The molecule has 0 radical (unpaired) electrons. The van der Waals surface area contributed by atoms with Gasteiger partial charge in [0.15, 0.2) is 10.3 Å². The van der Waals surface area contributed by atoms with E-state index in [-0.39, 0.29) is 17.2 Å². The minimum absolute atomic E-state index is 0.0205. The Kier molecular flexibility index (Phi) is 7.79. The molecule has 0 saturated heterocycles. The fourth-order valence-corrected chi connectivity index (χ4v) is 4.26. The second-order valence-corrected chi connectivity index (χ2v) is 8.95. The minimum atomic E-state index is -0.320. The van der Waals surface area contributed by atoms with Gasteiger partial charge in [0.25, 0.3) is 5.56 Å². The maximum atomic E-state index is 13.3. The van der Waals surface area contributed by atoms with E-state index in [1.807, 2.05) is 60.7 Å². The number of benzene rings is 3. The number of thiocarbonyl (C=S) groups is 1. The molecule has 34 heavy (non-hydrogen) atoms. The van der Waals surface area contributed by atoms with Crippen LogP contribution in [0, 0.1) is 0 Å². The van der Waals surface area contributed by atoms with Crippen LogP contribution < -0.4 is 21.7 Å². The van der Waals surface area contributed by atoms with Crippen LogP contribution in [0.1, 0.15) is 5.56 Å². The summed E-state index contributed by atoms with van der Waals surface area (Å²) < 4.78 is 1.48. The Morgan fingerprint density at radius 3 is 2.44 bits per heavy atom. The van der Waals surface area contributed by atoms with Crippen molar-refractivity contribution >= 4 is 57.5 Å². The topological polar surface area (TPSA) is 88.0 Å². The van der Waals surface area contributed by atoms with Gasteiger partial charge in [-0.1, -0.05) is 71.9 Å². The van der Waals surface area contributed by atoms with Crippen molar-refractivity contribution in [1.29, 1.82) is 0 Å². The number of amides is 1. The molecule has 7 nitrogen and oxygen atoms in total. The zero-order valence-electron chi connectivity index (χ0n) is 17.8. The van der Waals surface area contributed by atoms with Crippen LogP contribution in [0.4, 0.5) is 0 Å². The average Bonchev–Trinajstić information content (AvgIpc) is 2.86. The molecule has 172 valence electrons. The summed E-state index contributed by atoms with van der Waals surface area (Å²) >= 11 is 12.4. The molecule has 4 aromatic rings. The molecule has 0 bridgehead atoms. The Labute approximate surface area is 210 Å². The van der Waals surface area contributed by atoms with Crippen molar-refractivity contribution in [2.45, 2.75) is 11.7 Å². The van der Waals surface area contributed by atoms with Crippen molar-refractivity contribution in [3.05, 3.63) is 99.8 Å². The summed E-state index contributed by atoms with van der Waals surface area (Å²) in [6, 6.07) is 23.9. The number of halogens is 1. The first kappa shape index (κ1) is 23.7. The van der Waals surface area contributed by atoms with E-state index < -0.39 is 0 Å². The summed E-state index contributed by atoms with van der Waals surface area (Å²) in [6.07, 6.45) is 0. The molecular formula is C24H20ClN5O2S2. The molecular weight excluding hydrogens is 490 g/mol. The number of fused-ring (bicyclic) bond motifs is 1. The lowest BCUT2D eigenvalue weighted by Gasteiger charge is -2.14. The third-order valence-corrected chi connectivity index (χ3v) is 6.18. The van der Waals surface area contributed by atoms with Gasteiger partial charge in [-0.15, -0.1) is 0 Å². The highest BCUT2D eigenvalue weighted by Crippen LogP contribution is 2.22. The van der Waals surface area contributed by atoms with Crippen LogP contribution in [0.5, 0.6) is 0 Å². The smallest absolute Gasteiger partial charge is 0.266 e. The summed E-state index contributed by atoms with van der Waals surface area (Å²) in [4.78, 5) is 30.3. The monoisotopic (exact) mass is 509 g/mol. The first-order valence-electron chi connectivity index (χ1n) is 10.3. The number of nitrogens with one attached hydrogen (secondary N) is 3. The zero-order valence-corrected chi connectivity index (χ0v) is 20.2. The van der Waals surface area contributed by atoms with E-state index in [4.69, 9.17) is 23.8 Å². The van der Waals surface area contributed by atoms with Gasteiger partial charge in [0, 0.05) is 11.6 Å². The van der Waals surface area contributed by atoms with Gasteiger partial charge in [-0.25, -0.2) is 4.98 Å². The van der Waals surface area contributed by atoms with Gasteiger partial charge in [-0.3, -0.25) is 25.0 Å². The van der Waals surface area contributed by atoms with Crippen molar-refractivity contribution in [1.82, 2.24) is 25.7 Å². The molecule has 10 heteroatoms. The van der Waals surface area contributed by atoms with Gasteiger partial charge >= 0.3 is 0 Å². The number of aromatic nitrogens is 2. The first-order valence-corrected chi connectivity index (χ1v) is 12.1. The van der Waals surface area contributed by atoms with Gasteiger partial charge in [0.1, 0.15) is 0 Å². The Morgan fingerprint density at radius 1 is 1.00 bits per heavy atom. The van der Waals surface area contributed by atoms with Crippen molar-refractivity contribution in [2.75, 3.05) is 5.75 Å². The van der Waals surface area contributed by atoms with E-state index in [0.717, 1.165) is 17.3 Å². The van der Waals surface area contributed by atoms with Crippen LogP contribution in [-0.2, 0) is 11.3 Å². The summed E-state index contributed by atoms with van der Waals surface area (Å²) in [5.74, 6) is -0.300. The summed E-state index contributed by atoms with van der Waals surface area (Å²) in [6.45, 7) is 0.533. The number of carbonyl (C=O) groups is 1. The van der Waals surface area contributed by atoms with Crippen LogP contribution in [0.25, 0.3) is 16.6 Å². The summed E-state index contributed by atoms with van der Waals surface area (Å²) in [5.41, 5.74) is 7.21. The number of nitrogens with zero attached hydrogens (tertiary/aromatic N) is 2. The minimum Gasteiger partial charge on any atom is -0.357 e. The molecule has 0 fully saturated rings. The largest absolute Gasteiger partial charge is 0.357 e. The van der Waals surface area contributed by atoms with Crippen LogP contribution in [0.2, 0.25) is 5.02 Å². The number of rotatable bonds is 6. The fraction of sp³-hybridized carbons (Fsp3) is 0.0833. The third kappa shape index (κ3) is 5.93. The highest BCUT2D eigenvalue weighted by Gasteiger charge is 2.15. The molecule has 3 aromatic carbocycles. The van der Waals surface area contributed by atoms with Crippen molar-refractivity contribution < 1.29 is 4.79 Å². The van der Waals surface area contributed by atoms with E-state index in [0.29, 0.717) is 38.4 Å². The van der Waals surface area contributed by atoms with E-state index in [1.54, 1.807) is 18.2 Å². The lowest BCUT2D eigenvalue weighted by molar-refractivity contribution is -0.119. The Morgan fingerprint density at radius 2 is 1.71 bits per heavy atom. The molecule has 0 spiro atoms. The van der Waals surface area contributed by atoms with E-state index in [9.17, 15) is 9.59 Å². The fourth-order valence-electron chi connectivity index (χ4n) is 3.15. The summed E-state index contributed by atoms with van der Waals surface area (Å²) in [7, 11) is 0. The van der Waals surface area contributed by atoms with E-state index >= 15 is 0 Å². The maximum absolute atomic E-state index is 13.3. The number of carbonyl (C=O) groups excluding carboxylic acids is 1. The Bertz CT molecular complexity index is 1380. The normalized spacial score (nSPS) is 10.6. The Balaban J connectivity index is 1.44. The molecule has 3 N–H and O–H groups in total. The number of hydrogen-bond donors (Lipinski definition) is 3. The molecule has 1 amide bonds. The molecule has 4 rings (SSSR count). The molecule has 1 aromatic heterocycles. The first-order chi connectivity index (χ1) is 16.5. The van der Waals surface area contributed by atoms with Gasteiger partial charge < -0.3 is 5.32 Å². The highest BCUT2D eigenvalue weighted by atomic mass is 35.5. The molecule has 0 aliphatic rings. The lowest BCUT2D eigenvalue weighted by atomic mass is 10.2. The Hall–Kier alpha value is -3.40. The maximum Gasteiger partial charge on any atom is 0.266 e.